The summed E-state index contributed by atoms with van der Waals surface area (Å²) in [5.41, 5.74) is 9.73. The van der Waals surface area contributed by atoms with E-state index in [0.717, 1.165) is 94.5 Å². The summed E-state index contributed by atoms with van der Waals surface area (Å²) in [4.78, 5) is 24.2. The van der Waals surface area contributed by atoms with Crippen molar-refractivity contribution in [1.29, 1.82) is 0 Å². The van der Waals surface area contributed by atoms with E-state index in [4.69, 9.17) is 61.6 Å². The first-order valence-corrected chi connectivity index (χ1v) is 35.4. The molecule has 111 heavy (non-hydrogen) atoms. The van der Waals surface area contributed by atoms with Crippen molar-refractivity contribution in [3.05, 3.63) is 175 Å². The molecule has 6 aromatic rings. The van der Waals surface area contributed by atoms with Gasteiger partial charge >= 0.3 is 18.1 Å². The lowest BCUT2D eigenvalue weighted by molar-refractivity contribution is -0.231. The first-order chi connectivity index (χ1) is 48.9. The Labute approximate surface area is 670 Å². The number of ether oxygens (including phenoxy) is 13. The van der Waals surface area contributed by atoms with Gasteiger partial charge in [-0.15, -0.1) is 0 Å². The zero-order valence-electron chi connectivity index (χ0n) is 65.2. The Morgan fingerprint density at radius 2 is 0.811 bits per heavy atom. The maximum Gasteiger partial charge on any atom is 0.404 e. The number of carbonyl (C=O) groups is 2. The Bertz CT molecular complexity index is 3410. The van der Waals surface area contributed by atoms with Gasteiger partial charge in [-0.1, -0.05) is 194 Å². The number of halogens is 4. The van der Waals surface area contributed by atoms with Crippen LogP contribution in [0.5, 0.6) is 34.5 Å². The maximum atomic E-state index is 13.7. The third kappa shape index (κ3) is 36.2. The lowest BCUT2D eigenvalue weighted by Gasteiger charge is -2.28. The molecule has 0 aliphatic rings. The Kier molecular flexibility index (Phi) is 59.5. The van der Waals surface area contributed by atoms with Crippen LogP contribution in [0.4, 0.5) is 17.6 Å². The zero-order valence-corrected chi connectivity index (χ0v) is 65.2. The van der Waals surface area contributed by atoms with E-state index in [9.17, 15) is 32.3 Å². The van der Waals surface area contributed by atoms with Gasteiger partial charge in [-0.2, -0.15) is 13.2 Å². The fraction of sp³-hybridized carbons (Fsp3) is 0.582. The minimum atomic E-state index is -4.71. The second-order valence-electron chi connectivity index (χ2n) is 27.1. The molecule has 0 aliphatic carbocycles. The summed E-state index contributed by atoms with van der Waals surface area (Å²) >= 11 is 0. The largest absolute Gasteiger partial charge is 0.490 e. The van der Waals surface area contributed by atoms with Crippen LogP contribution in [0.25, 0.3) is 0 Å². The van der Waals surface area contributed by atoms with Gasteiger partial charge in [0.05, 0.1) is 51.7 Å². The normalized spacial score (nSPS) is 11.5. The van der Waals surface area contributed by atoms with Crippen molar-refractivity contribution in [2.75, 3.05) is 82.3 Å². The molecule has 6 rings (SSSR count). The average Bonchev–Trinajstić information content (AvgIpc) is 0.824. The Morgan fingerprint density at radius 3 is 1.18 bits per heavy atom. The number of esters is 2. The van der Waals surface area contributed by atoms with Crippen LogP contribution in [0.15, 0.2) is 97.1 Å². The Morgan fingerprint density at radius 1 is 0.432 bits per heavy atom. The molecular formula is C91H150F4O16. The van der Waals surface area contributed by atoms with Crippen molar-refractivity contribution in [1.82, 2.24) is 0 Å². The van der Waals surface area contributed by atoms with Crippen molar-refractivity contribution < 1.29 is 93.8 Å². The SMILES string of the molecule is C.C.C.C.C.C.C.C.CCC(C)(C(=O)OCCOc1c(COC)cc(F)cc1COC)C(F)(F)F.CCC(C)(C)C(=O)Oc1c(COC)cc(C)cc1COC.CCC(C)c1cccc(OCCOc2c(COC)cc(C)cc2COC)c1.CCc1cc(C(C)C)cc(CO)c1OCCOc1cccc(C(C)(C)CC)c1. The van der Waals surface area contributed by atoms with Crippen LogP contribution in [0, 0.1) is 30.5 Å². The number of aliphatic hydroxyl groups excluding tert-OH is 1. The molecule has 0 radical (unpaired) electrons. The van der Waals surface area contributed by atoms with Crippen LogP contribution in [0.3, 0.4) is 0 Å². The highest BCUT2D eigenvalue weighted by atomic mass is 19.4. The lowest BCUT2D eigenvalue weighted by Crippen LogP contribution is -2.43. The van der Waals surface area contributed by atoms with Gasteiger partial charge in [-0.05, 0) is 149 Å². The van der Waals surface area contributed by atoms with E-state index in [2.05, 4.69) is 111 Å². The number of hydrogen-bond donors (Lipinski definition) is 1. The quantitative estimate of drug-likeness (QED) is 0.0168. The van der Waals surface area contributed by atoms with Crippen molar-refractivity contribution >= 4 is 11.9 Å². The van der Waals surface area contributed by atoms with Gasteiger partial charge in [0.15, 0.2) is 5.41 Å². The fourth-order valence-electron chi connectivity index (χ4n) is 10.6. The molecule has 20 heteroatoms. The zero-order chi connectivity index (χ0) is 77.1. The summed E-state index contributed by atoms with van der Waals surface area (Å²) < 4.78 is 124. The molecule has 0 bridgehead atoms. The van der Waals surface area contributed by atoms with Gasteiger partial charge in [0.2, 0.25) is 0 Å². The van der Waals surface area contributed by atoms with Crippen molar-refractivity contribution in [3.8, 4) is 34.5 Å². The van der Waals surface area contributed by atoms with Gasteiger partial charge in [-0.3, -0.25) is 9.59 Å². The highest BCUT2D eigenvalue weighted by Crippen LogP contribution is 2.42. The van der Waals surface area contributed by atoms with Gasteiger partial charge in [0, 0.05) is 81.6 Å². The molecule has 0 saturated heterocycles. The van der Waals surface area contributed by atoms with Crippen molar-refractivity contribution in [3.63, 3.8) is 0 Å². The number of carbonyl (C=O) groups excluding carboxylic acids is 2. The van der Waals surface area contributed by atoms with E-state index in [1.807, 2.05) is 64.1 Å². The Balaban J connectivity index is -0.000000325. The van der Waals surface area contributed by atoms with Gasteiger partial charge in [0.25, 0.3) is 0 Å². The number of aryl methyl sites for hydroxylation is 3. The summed E-state index contributed by atoms with van der Waals surface area (Å²) in [7, 11) is 9.48. The molecule has 0 aliphatic heterocycles. The average molecular weight is 1580 g/mol. The number of hydrogen-bond acceptors (Lipinski definition) is 16. The molecule has 2 unspecified atom stereocenters. The van der Waals surface area contributed by atoms with Gasteiger partial charge in [-0.25, -0.2) is 4.39 Å². The van der Waals surface area contributed by atoms with Gasteiger partial charge < -0.3 is 66.7 Å². The first kappa shape index (κ1) is 115. The molecular weight excluding hydrogens is 1420 g/mol. The summed E-state index contributed by atoms with van der Waals surface area (Å²) in [5.74, 6) is 3.10. The van der Waals surface area contributed by atoms with Crippen LogP contribution in [-0.4, -0.2) is 106 Å². The predicted molar refractivity (Wildman–Crippen MR) is 450 cm³/mol. The monoisotopic (exact) mass is 1580 g/mol. The van der Waals surface area contributed by atoms with E-state index < -0.39 is 35.2 Å². The number of alkyl halides is 3. The number of benzene rings is 6. The summed E-state index contributed by atoms with van der Waals surface area (Å²) in [6.45, 7) is 32.6. The predicted octanol–water partition coefficient (Wildman–Crippen LogP) is 24.0. The smallest absolute Gasteiger partial charge is 0.404 e. The highest BCUT2D eigenvalue weighted by molar-refractivity contribution is 5.79. The summed E-state index contributed by atoms with van der Waals surface area (Å²) in [5, 5.41) is 9.80. The van der Waals surface area contributed by atoms with E-state index in [0.29, 0.717) is 81.6 Å². The highest BCUT2D eigenvalue weighted by Gasteiger charge is 2.56. The Hall–Kier alpha value is -7.30. The molecule has 1 N–H and O–H groups in total. The molecule has 6 aromatic carbocycles. The molecule has 0 saturated carbocycles. The van der Waals surface area contributed by atoms with Crippen LogP contribution in [-0.2, 0) is 101 Å². The molecule has 638 valence electrons. The molecule has 2 atom stereocenters. The summed E-state index contributed by atoms with van der Waals surface area (Å²) in [6, 6.07) is 31.4. The number of methoxy groups -OCH3 is 6. The third-order valence-electron chi connectivity index (χ3n) is 18.0. The second-order valence-corrected chi connectivity index (χ2v) is 27.1. The first-order valence-electron chi connectivity index (χ1n) is 35.4. The second kappa shape index (κ2) is 57.7. The minimum Gasteiger partial charge on any atom is -0.490 e. The van der Waals surface area contributed by atoms with Crippen LogP contribution < -0.4 is 28.4 Å². The third-order valence-corrected chi connectivity index (χ3v) is 18.0. The van der Waals surface area contributed by atoms with Crippen LogP contribution >= 0.6 is 0 Å². The molecule has 16 nitrogen and oxygen atoms in total. The molecule has 0 aromatic heterocycles. The van der Waals surface area contributed by atoms with E-state index in [1.54, 1.807) is 28.4 Å². The van der Waals surface area contributed by atoms with Gasteiger partial charge in [0.1, 0.15) is 80.0 Å². The maximum absolute atomic E-state index is 13.7. The van der Waals surface area contributed by atoms with Crippen LogP contribution in [0.2, 0.25) is 0 Å². The summed E-state index contributed by atoms with van der Waals surface area (Å²) in [6.07, 6.45) is -1.37. The molecule has 0 amide bonds. The minimum absolute atomic E-state index is 0. The van der Waals surface area contributed by atoms with E-state index in [1.165, 1.54) is 55.5 Å². The molecule has 0 fully saturated rings. The van der Waals surface area contributed by atoms with E-state index >= 15 is 0 Å². The molecule has 0 spiro atoms. The fourth-order valence-corrected chi connectivity index (χ4v) is 10.6. The van der Waals surface area contributed by atoms with Crippen molar-refractivity contribution in [2.24, 2.45) is 10.8 Å². The van der Waals surface area contributed by atoms with Crippen molar-refractivity contribution in [2.45, 2.75) is 265 Å². The standard InChI is InChI=1S/C25H36O3.C23H32O4.C18H24F4O5.C17H26O4.8CH4/c1-7-19-14-20(18(3)4)15-21(17-26)24(19)28-13-12-27-23-11-9-10-22(16-23)25(5,6)8-2;1-6-18(3)19-8-7-9-22(14-19)26-10-11-27-23-20(15-24-4)12-17(2)13-21(23)16-25-5;1-5-17(2,18(20,21)22)16(23)27-7-6-26-15-12(10-24-3)8-14(19)9-13(15)11-25-4;1-7-17(3,4)16(18)21-15-13(10-19-5)8-12(2)9-14(15)11-20-6;;;;;;;;/h9-11,14-16,18,26H,7-8,12-13,17H2,1-6H3;7-9,12-14,18H,6,10-11,15-16H2,1-5H3;8-9H,5-7,10-11H2,1-4H3;8-9H,7,10-11H2,1-6H3;8*1H4. The van der Waals surface area contributed by atoms with Crippen LogP contribution in [0.1, 0.15) is 259 Å². The lowest BCUT2D eigenvalue weighted by atomic mass is 9.82. The number of rotatable bonds is 38. The topological polar surface area (TPSA) is 174 Å². The molecule has 0 heterocycles. The van der Waals surface area contributed by atoms with E-state index in [-0.39, 0.29) is 110 Å². The number of aliphatic hydroxyl groups is 1.